The van der Waals surface area contributed by atoms with Gasteiger partial charge in [0, 0.05) is 25.7 Å². The van der Waals surface area contributed by atoms with Crippen LogP contribution in [0.3, 0.4) is 0 Å². The summed E-state index contributed by atoms with van der Waals surface area (Å²) >= 11 is 0. The summed E-state index contributed by atoms with van der Waals surface area (Å²) in [7, 11) is 3.59. The van der Waals surface area contributed by atoms with E-state index in [4.69, 9.17) is 5.11 Å². The van der Waals surface area contributed by atoms with E-state index in [1.807, 2.05) is 72.8 Å². The van der Waals surface area contributed by atoms with E-state index >= 15 is 0 Å². The highest BCUT2D eigenvalue weighted by molar-refractivity contribution is 5.91. The van der Waals surface area contributed by atoms with E-state index in [2.05, 4.69) is 0 Å². The zero-order valence-corrected chi connectivity index (χ0v) is 20.6. The monoisotopic (exact) mass is 494 g/mol. The van der Waals surface area contributed by atoms with Crippen molar-refractivity contribution in [3.05, 3.63) is 132 Å². The Morgan fingerprint density at radius 3 is 1.81 bits per heavy atom. The Morgan fingerprint density at radius 1 is 0.757 bits per heavy atom. The summed E-state index contributed by atoms with van der Waals surface area (Å²) < 4.78 is 14.1. The van der Waals surface area contributed by atoms with Gasteiger partial charge in [-0.2, -0.15) is 0 Å². The second kappa shape index (κ2) is 11.4. The molecule has 1 N–H and O–H groups in total. The summed E-state index contributed by atoms with van der Waals surface area (Å²) in [5.41, 5.74) is 4.38. The van der Waals surface area contributed by atoms with Crippen LogP contribution in [0.1, 0.15) is 17.0 Å². The van der Waals surface area contributed by atoms with Gasteiger partial charge in [-0.1, -0.05) is 84.9 Å². The molecule has 0 saturated heterocycles. The third kappa shape index (κ3) is 5.93. The van der Waals surface area contributed by atoms with Crippen LogP contribution in [0, 0.1) is 5.82 Å². The first-order valence-corrected chi connectivity index (χ1v) is 11.8. The van der Waals surface area contributed by atoms with Gasteiger partial charge in [0.15, 0.2) is 0 Å². The highest BCUT2D eigenvalue weighted by atomic mass is 19.1. The number of aromatic nitrogens is 1. The number of benzene rings is 4. The molecule has 0 bridgehead atoms. The number of nitrogens with zero attached hydrogens (tertiary/aromatic N) is 2. The topological polar surface area (TPSA) is 62.5 Å². The Morgan fingerprint density at radius 2 is 1.30 bits per heavy atom. The standard InChI is InChI=1S/C16H17NO.C15H10FNO2/c1-17(2)16(18)15(13-9-5-3-6-10-13)14-11-7-4-8-12-14;16-13-5-3-10(4-6-13)12-2-1-11-7-8-17(15(18)19)14(11)9-12/h3-12,15H,1-2H3;1-9H,(H,18,19). The number of halogens is 1. The number of carbonyl (C=O) groups is 2. The average molecular weight is 495 g/mol. The molecule has 6 heteroatoms. The molecule has 0 saturated carbocycles. The molecule has 5 rings (SSSR count). The lowest BCUT2D eigenvalue weighted by Crippen LogP contribution is -2.28. The lowest BCUT2D eigenvalue weighted by molar-refractivity contribution is -0.129. The zero-order valence-electron chi connectivity index (χ0n) is 20.6. The first-order valence-electron chi connectivity index (χ1n) is 11.8. The molecule has 186 valence electrons. The van der Waals surface area contributed by atoms with Crippen LogP contribution in [0.2, 0.25) is 0 Å². The van der Waals surface area contributed by atoms with Gasteiger partial charge in [-0.25, -0.2) is 9.18 Å². The van der Waals surface area contributed by atoms with Crippen molar-refractivity contribution in [3.8, 4) is 11.1 Å². The maximum atomic E-state index is 12.9. The maximum Gasteiger partial charge on any atom is 0.415 e. The minimum absolute atomic E-state index is 0.104. The smallest absolute Gasteiger partial charge is 0.415 e. The van der Waals surface area contributed by atoms with Crippen LogP contribution in [0.4, 0.5) is 9.18 Å². The minimum atomic E-state index is -1.02. The lowest BCUT2D eigenvalue weighted by Gasteiger charge is -2.21. The molecule has 1 heterocycles. The summed E-state index contributed by atoms with van der Waals surface area (Å²) in [6, 6.07) is 33.2. The van der Waals surface area contributed by atoms with Gasteiger partial charge < -0.3 is 10.0 Å². The van der Waals surface area contributed by atoms with E-state index in [0.717, 1.165) is 27.6 Å². The van der Waals surface area contributed by atoms with Crippen molar-refractivity contribution in [1.82, 2.24) is 9.47 Å². The van der Waals surface area contributed by atoms with Gasteiger partial charge in [0.05, 0.1) is 11.4 Å². The molecule has 0 aliphatic carbocycles. The molecule has 0 fully saturated rings. The second-order valence-electron chi connectivity index (χ2n) is 8.74. The molecule has 4 aromatic carbocycles. The van der Waals surface area contributed by atoms with Crippen molar-refractivity contribution < 1.29 is 19.1 Å². The molecule has 5 aromatic rings. The second-order valence-corrected chi connectivity index (χ2v) is 8.74. The van der Waals surface area contributed by atoms with Gasteiger partial charge in [-0.05, 0) is 46.5 Å². The number of fused-ring (bicyclic) bond motifs is 1. The largest absolute Gasteiger partial charge is 0.464 e. The number of hydrogen-bond donors (Lipinski definition) is 1. The van der Waals surface area contributed by atoms with Crippen LogP contribution in [0.25, 0.3) is 22.0 Å². The third-order valence-electron chi connectivity index (χ3n) is 6.03. The van der Waals surface area contributed by atoms with E-state index in [1.54, 1.807) is 43.3 Å². The average Bonchev–Trinajstić information content (AvgIpc) is 3.35. The molecule has 1 aromatic heterocycles. The van der Waals surface area contributed by atoms with Crippen LogP contribution in [-0.2, 0) is 4.79 Å². The molecule has 1 amide bonds. The number of amides is 1. The van der Waals surface area contributed by atoms with Crippen LogP contribution in [-0.4, -0.2) is 40.7 Å². The molecule has 0 radical (unpaired) electrons. The first kappa shape index (κ1) is 25.4. The van der Waals surface area contributed by atoms with E-state index < -0.39 is 6.09 Å². The fourth-order valence-corrected chi connectivity index (χ4v) is 4.14. The van der Waals surface area contributed by atoms with Crippen LogP contribution >= 0.6 is 0 Å². The minimum Gasteiger partial charge on any atom is -0.464 e. The number of carboxylic acid groups (broad SMARTS) is 1. The van der Waals surface area contributed by atoms with Crippen molar-refractivity contribution in [2.45, 2.75) is 5.92 Å². The van der Waals surface area contributed by atoms with Crippen molar-refractivity contribution in [2.24, 2.45) is 0 Å². The van der Waals surface area contributed by atoms with Crippen LogP contribution in [0.15, 0.2) is 115 Å². The quantitative estimate of drug-likeness (QED) is 0.296. The Kier molecular flexibility index (Phi) is 7.79. The SMILES string of the molecule is CN(C)C(=O)C(c1ccccc1)c1ccccc1.O=C(O)n1ccc2ccc(-c3ccc(F)cc3)cc21. The van der Waals surface area contributed by atoms with Crippen molar-refractivity contribution in [1.29, 1.82) is 0 Å². The summed E-state index contributed by atoms with van der Waals surface area (Å²) in [6.07, 6.45) is 0.493. The number of hydrogen-bond acceptors (Lipinski definition) is 2. The van der Waals surface area contributed by atoms with Gasteiger partial charge in [0.25, 0.3) is 0 Å². The molecule has 0 atom stereocenters. The molecule has 0 spiro atoms. The fraction of sp³-hybridized carbons (Fsp3) is 0.0968. The van der Waals surface area contributed by atoms with Gasteiger partial charge in [-0.15, -0.1) is 0 Å². The molecule has 0 aliphatic rings. The summed E-state index contributed by atoms with van der Waals surface area (Å²) in [6.45, 7) is 0. The zero-order chi connectivity index (χ0) is 26.4. The van der Waals surface area contributed by atoms with E-state index in [1.165, 1.54) is 22.9 Å². The highest BCUT2D eigenvalue weighted by Crippen LogP contribution is 2.27. The highest BCUT2D eigenvalue weighted by Gasteiger charge is 2.23. The van der Waals surface area contributed by atoms with Gasteiger partial charge >= 0.3 is 6.09 Å². The predicted molar refractivity (Wildman–Crippen MR) is 144 cm³/mol. The van der Waals surface area contributed by atoms with Crippen LogP contribution < -0.4 is 0 Å². The lowest BCUT2D eigenvalue weighted by atomic mass is 9.90. The van der Waals surface area contributed by atoms with Gasteiger partial charge in [0.1, 0.15) is 5.82 Å². The molecule has 0 unspecified atom stereocenters. The molecular formula is C31H27FN2O3. The number of carbonyl (C=O) groups excluding carboxylic acids is 1. The fourth-order valence-electron chi connectivity index (χ4n) is 4.14. The van der Waals surface area contributed by atoms with Crippen molar-refractivity contribution >= 4 is 22.9 Å². The molecule has 5 nitrogen and oxygen atoms in total. The van der Waals surface area contributed by atoms with E-state index in [0.29, 0.717) is 5.52 Å². The Hall–Kier alpha value is -4.71. The Bertz CT molecular complexity index is 1460. The Labute approximate surface area is 215 Å². The molecular weight excluding hydrogens is 467 g/mol. The Balaban J connectivity index is 0.000000173. The van der Waals surface area contributed by atoms with E-state index in [9.17, 15) is 14.0 Å². The van der Waals surface area contributed by atoms with Gasteiger partial charge in [0.2, 0.25) is 5.91 Å². The van der Waals surface area contributed by atoms with Crippen LogP contribution in [0.5, 0.6) is 0 Å². The molecule has 0 aliphatic heterocycles. The van der Waals surface area contributed by atoms with Crippen molar-refractivity contribution in [3.63, 3.8) is 0 Å². The van der Waals surface area contributed by atoms with E-state index in [-0.39, 0.29) is 17.6 Å². The summed E-state index contributed by atoms with van der Waals surface area (Å²) in [4.78, 5) is 25.1. The maximum absolute atomic E-state index is 12.9. The molecule has 37 heavy (non-hydrogen) atoms. The van der Waals surface area contributed by atoms with Crippen molar-refractivity contribution in [2.75, 3.05) is 14.1 Å². The number of likely N-dealkylation sites (N-methyl/N-ethyl adjacent to an activating group) is 1. The van der Waals surface area contributed by atoms with Gasteiger partial charge in [-0.3, -0.25) is 9.36 Å². The summed E-state index contributed by atoms with van der Waals surface area (Å²) in [5.74, 6) is -0.409. The third-order valence-corrected chi connectivity index (χ3v) is 6.03. The first-order chi connectivity index (χ1) is 17.8. The number of rotatable bonds is 4. The normalized spacial score (nSPS) is 10.6. The predicted octanol–water partition coefficient (Wildman–Crippen LogP) is 6.88. The summed E-state index contributed by atoms with van der Waals surface area (Å²) in [5, 5.41) is 9.94.